The maximum absolute atomic E-state index is 5.35. The van der Waals surface area contributed by atoms with Gasteiger partial charge in [-0.1, -0.05) is 154 Å². The van der Waals surface area contributed by atoms with Crippen LogP contribution in [0.15, 0.2) is 12.7 Å². The molecule has 0 aliphatic heterocycles. The van der Waals surface area contributed by atoms with E-state index in [9.17, 15) is 0 Å². The molecule has 178 valence electrons. The zero-order chi connectivity index (χ0) is 22.0. The molecule has 0 rings (SSSR count). The van der Waals surface area contributed by atoms with Gasteiger partial charge in [0.1, 0.15) is 6.61 Å². The Morgan fingerprint density at radius 1 is 0.567 bits per heavy atom. The molecule has 0 N–H and O–H groups in total. The van der Waals surface area contributed by atoms with Crippen LogP contribution in [0, 0.1) is 0 Å². The Kier molecular flexibility index (Phi) is 26.3. The van der Waals surface area contributed by atoms with E-state index in [1.54, 1.807) is 6.08 Å². The lowest BCUT2D eigenvalue weighted by Crippen LogP contribution is -2.01. The largest absolute Gasteiger partial charge is 0.483 e. The lowest BCUT2D eigenvalue weighted by Gasteiger charge is -2.05. The summed E-state index contributed by atoms with van der Waals surface area (Å²) in [5, 5.41) is 0.753. The highest BCUT2D eigenvalue weighted by Crippen LogP contribution is 2.15. The molecule has 0 aliphatic carbocycles. The second-order valence-electron chi connectivity index (χ2n) is 9.15. The fraction of sp³-hybridized carbons (Fsp3) is 0.893. The minimum atomic E-state index is 0.554. The van der Waals surface area contributed by atoms with E-state index in [1.165, 1.54) is 141 Å². The average molecular weight is 439 g/mol. The molecule has 0 saturated carbocycles. The van der Waals surface area contributed by atoms with Gasteiger partial charge in [0.15, 0.2) is 5.05 Å². The molecule has 0 aromatic heterocycles. The molecule has 0 bridgehead atoms. The van der Waals surface area contributed by atoms with Crippen LogP contribution in [0.25, 0.3) is 0 Å². The number of hydrogen-bond donors (Lipinski definition) is 0. The third kappa shape index (κ3) is 25.7. The van der Waals surface area contributed by atoms with Gasteiger partial charge in [0.05, 0.1) is 0 Å². The van der Waals surface area contributed by atoms with E-state index in [-0.39, 0.29) is 0 Å². The molecule has 0 heterocycles. The normalized spacial score (nSPS) is 11.0. The monoisotopic (exact) mass is 438 g/mol. The predicted molar refractivity (Wildman–Crippen MR) is 141 cm³/mol. The molecule has 0 saturated heterocycles. The minimum Gasteiger partial charge on any atom is -0.483 e. The quantitative estimate of drug-likeness (QED) is 0.0796. The minimum absolute atomic E-state index is 0.554. The molecule has 2 heteroatoms. The van der Waals surface area contributed by atoms with Crippen molar-refractivity contribution in [3.8, 4) is 0 Å². The van der Waals surface area contributed by atoms with Gasteiger partial charge < -0.3 is 4.74 Å². The molecule has 0 radical (unpaired) electrons. The first kappa shape index (κ1) is 29.6. The lowest BCUT2D eigenvalue weighted by atomic mass is 10.0. The van der Waals surface area contributed by atoms with Gasteiger partial charge >= 0.3 is 0 Å². The van der Waals surface area contributed by atoms with Gasteiger partial charge in [-0.05, 0) is 18.6 Å². The average Bonchev–Trinajstić information content (AvgIpc) is 2.75. The highest BCUT2D eigenvalue weighted by Gasteiger charge is 1.98. The summed E-state index contributed by atoms with van der Waals surface area (Å²) >= 11 is 5.18. The smallest absolute Gasteiger partial charge is 0.160 e. The van der Waals surface area contributed by atoms with E-state index in [2.05, 4.69) is 13.5 Å². The Morgan fingerprint density at radius 2 is 0.867 bits per heavy atom. The van der Waals surface area contributed by atoms with E-state index >= 15 is 0 Å². The van der Waals surface area contributed by atoms with Crippen molar-refractivity contribution in [2.45, 2.75) is 155 Å². The summed E-state index contributed by atoms with van der Waals surface area (Å²) < 4.78 is 5.35. The van der Waals surface area contributed by atoms with Crippen LogP contribution in [0.2, 0.25) is 0 Å². The van der Waals surface area contributed by atoms with E-state index in [0.29, 0.717) is 6.61 Å². The summed E-state index contributed by atoms with van der Waals surface area (Å²) in [6.45, 7) is 6.49. The van der Waals surface area contributed by atoms with E-state index in [4.69, 9.17) is 17.0 Å². The summed E-state index contributed by atoms with van der Waals surface area (Å²) in [7, 11) is 0. The third-order valence-electron chi connectivity index (χ3n) is 6.10. The van der Waals surface area contributed by atoms with Gasteiger partial charge in [-0.2, -0.15) is 0 Å². The van der Waals surface area contributed by atoms with Crippen molar-refractivity contribution in [3.05, 3.63) is 12.7 Å². The zero-order valence-corrected chi connectivity index (χ0v) is 21.4. The molecule has 0 amide bonds. The number of rotatable bonds is 25. The molecule has 0 unspecified atom stereocenters. The van der Waals surface area contributed by atoms with Gasteiger partial charge in [0.2, 0.25) is 0 Å². The Labute approximate surface area is 195 Å². The molecule has 0 aromatic carbocycles. The SMILES string of the molecule is C=CCOC(=S)CCCCCCCCCCCCCCCCCCCCCCCC. The van der Waals surface area contributed by atoms with Crippen LogP contribution in [0.5, 0.6) is 0 Å². The van der Waals surface area contributed by atoms with Gasteiger partial charge in [0.25, 0.3) is 0 Å². The standard InChI is InChI=1S/C28H54OS/c1-3-5-6-7-8-9-10-11-12-13-14-15-16-17-18-19-20-21-22-23-24-25-26-28(30)29-27-4-2/h4H,2-3,5-27H2,1H3. The van der Waals surface area contributed by atoms with E-state index < -0.39 is 0 Å². The summed E-state index contributed by atoms with van der Waals surface area (Å²) in [6.07, 6.45) is 34.1. The van der Waals surface area contributed by atoms with Crippen molar-refractivity contribution in [1.82, 2.24) is 0 Å². The summed E-state index contributed by atoms with van der Waals surface area (Å²) in [6, 6.07) is 0. The van der Waals surface area contributed by atoms with Gasteiger partial charge in [-0.3, -0.25) is 0 Å². The first-order valence-corrected chi connectivity index (χ1v) is 14.0. The maximum Gasteiger partial charge on any atom is 0.160 e. The summed E-state index contributed by atoms with van der Waals surface area (Å²) in [5.74, 6) is 0. The summed E-state index contributed by atoms with van der Waals surface area (Å²) in [4.78, 5) is 0. The number of unbranched alkanes of at least 4 members (excludes halogenated alkanes) is 21. The van der Waals surface area contributed by atoms with Crippen molar-refractivity contribution < 1.29 is 4.74 Å². The van der Waals surface area contributed by atoms with Crippen LogP contribution in [-0.4, -0.2) is 11.7 Å². The van der Waals surface area contributed by atoms with E-state index in [1.807, 2.05) is 0 Å². The summed E-state index contributed by atoms with van der Waals surface area (Å²) in [5.41, 5.74) is 0. The highest BCUT2D eigenvalue weighted by molar-refractivity contribution is 7.80. The number of ether oxygens (including phenoxy) is 1. The molecule has 30 heavy (non-hydrogen) atoms. The van der Waals surface area contributed by atoms with Crippen molar-refractivity contribution in [2.24, 2.45) is 0 Å². The number of thiocarbonyl (C=S) groups is 1. The fourth-order valence-corrected chi connectivity index (χ4v) is 4.31. The Morgan fingerprint density at radius 3 is 1.17 bits per heavy atom. The van der Waals surface area contributed by atoms with Crippen molar-refractivity contribution in [1.29, 1.82) is 0 Å². The van der Waals surface area contributed by atoms with Gasteiger partial charge in [0, 0.05) is 6.42 Å². The lowest BCUT2D eigenvalue weighted by molar-refractivity contribution is 0.348. The molecular weight excluding hydrogens is 384 g/mol. The van der Waals surface area contributed by atoms with Crippen LogP contribution in [-0.2, 0) is 4.74 Å². The van der Waals surface area contributed by atoms with Crippen molar-refractivity contribution in [3.63, 3.8) is 0 Å². The van der Waals surface area contributed by atoms with Crippen LogP contribution in [0.4, 0.5) is 0 Å². The van der Waals surface area contributed by atoms with Crippen molar-refractivity contribution in [2.75, 3.05) is 6.61 Å². The molecule has 1 nitrogen and oxygen atoms in total. The fourth-order valence-electron chi connectivity index (χ4n) is 4.10. The Bertz CT molecular complexity index is 353. The zero-order valence-electron chi connectivity index (χ0n) is 20.6. The second-order valence-corrected chi connectivity index (χ2v) is 9.60. The van der Waals surface area contributed by atoms with Crippen LogP contribution in [0.1, 0.15) is 155 Å². The second kappa shape index (κ2) is 26.7. The topological polar surface area (TPSA) is 9.23 Å². The molecule has 0 fully saturated rings. The number of hydrogen-bond acceptors (Lipinski definition) is 2. The van der Waals surface area contributed by atoms with E-state index in [0.717, 1.165) is 11.5 Å². The van der Waals surface area contributed by atoms with Crippen molar-refractivity contribution >= 4 is 17.3 Å². The first-order valence-electron chi connectivity index (χ1n) is 13.6. The molecule has 0 aliphatic rings. The van der Waals surface area contributed by atoms with Crippen LogP contribution >= 0.6 is 12.2 Å². The molecule has 0 atom stereocenters. The van der Waals surface area contributed by atoms with Gasteiger partial charge in [-0.25, -0.2) is 0 Å². The Hall–Kier alpha value is -0.370. The maximum atomic E-state index is 5.35. The molecular formula is C28H54OS. The van der Waals surface area contributed by atoms with Gasteiger partial charge in [-0.15, -0.1) is 0 Å². The third-order valence-corrected chi connectivity index (χ3v) is 6.42. The Balaban J connectivity index is 3.05. The first-order chi connectivity index (χ1) is 14.8. The highest BCUT2D eigenvalue weighted by atomic mass is 32.1. The van der Waals surface area contributed by atoms with Crippen LogP contribution < -0.4 is 0 Å². The molecule has 0 spiro atoms. The molecule has 0 aromatic rings. The van der Waals surface area contributed by atoms with Crippen LogP contribution in [0.3, 0.4) is 0 Å². The predicted octanol–water partition coefficient (Wildman–Crippen LogP) is 10.5.